The van der Waals surface area contributed by atoms with Crippen LogP contribution in [0.3, 0.4) is 0 Å². The molecule has 7 nitrogen and oxygen atoms in total. The molecule has 0 saturated heterocycles. The Labute approximate surface area is 139 Å². The molecule has 0 radical (unpaired) electrons. The van der Waals surface area contributed by atoms with Crippen LogP contribution in [-0.2, 0) is 0 Å². The molecule has 0 unspecified atom stereocenters. The number of aromatic nitrogens is 2. The highest BCUT2D eigenvalue weighted by Gasteiger charge is 2.19. The molecular weight excluding hydrogens is 339 g/mol. The Hall–Kier alpha value is -3.00. The molecule has 24 heavy (non-hydrogen) atoms. The SMILES string of the molecule is Cc1nc2cc(Cl)ccn2c1C(=O)Nc1ccc([N+](=O)[O-])c(F)c1. The van der Waals surface area contributed by atoms with Crippen LogP contribution in [0.2, 0.25) is 5.02 Å². The van der Waals surface area contributed by atoms with Crippen molar-refractivity contribution in [3.05, 3.63) is 68.9 Å². The number of nitro benzene ring substituents is 1. The Morgan fingerprint density at radius 2 is 2.12 bits per heavy atom. The molecule has 2 heterocycles. The third-order valence-corrected chi connectivity index (χ3v) is 3.61. The lowest BCUT2D eigenvalue weighted by Gasteiger charge is -2.06. The van der Waals surface area contributed by atoms with Crippen molar-refractivity contribution in [2.45, 2.75) is 6.92 Å². The van der Waals surface area contributed by atoms with E-state index in [-0.39, 0.29) is 11.4 Å². The number of anilines is 1. The predicted octanol–water partition coefficient (Wildman–Crippen LogP) is 3.60. The molecule has 3 rings (SSSR count). The molecule has 0 atom stereocenters. The molecule has 0 bridgehead atoms. The normalized spacial score (nSPS) is 10.8. The van der Waals surface area contributed by atoms with Gasteiger partial charge < -0.3 is 5.32 Å². The monoisotopic (exact) mass is 348 g/mol. The lowest BCUT2D eigenvalue weighted by Crippen LogP contribution is -2.15. The molecular formula is C15H10ClFN4O3. The first kappa shape index (κ1) is 15.9. The fraction of sp³-hybridized carbons (Fsp3) is 0.0667. The molecule has 9 heteroatoms. The summed E-state index contributed by atoms with van der Waals surface area (Å²) in [5, 5.41) is 13.6. The van der Waals surface area contributed by atoms with E-state index in [4.69, 9.17) is 11.6 Å². The largest absolute Gasteiger partial charge is 0.321 e. The minimum absolute atomic E-state index is 0.103. The number of benzene rings is 1. The number of imidazole rings is 1. The molecule has 0 saturated carbocycles. The summed E-state index contributed by atoms with van der Waals surface area (Å²) in [4.78, 5) is 26.5. The van der Waals surface area contributed by atoms with Crippen LogP contribution in [0.25, 0.3) is 5.65 Å². The quantitative estimate of drug-likeness (QED) is 0.578. The van der Waals surface area contributed by atoms with E-state index in [0.717, 1.165) is 12.1 Å². The number of halogens is 2. The van der Waals surface area contributed by atoms with Gasteiger partial charge in [0.15, 0.2) is 0 Å². The maximum atomic E-state index is 13.6. The van der Waals surface area contributed by atoms with Gasteiger partial charge in [0.05, 0.1) is 10.6 Å². The molecule has 0 aliphatic heterocycles. The molecule has 1 amide bonds. The molecule has 122 valence electrons. The van der Waals surface area contributed by atoms with Crippen molar-refractivity contribution >= 4 is 34.5 Å². The average molecular weight is 349 g/mol. The Morgan fingerprint density at radius 3 is 2.79 bits per heavy atom. The van der Waals surface area contributed by atoms with Gasteiger partial charge in [-0.1, -0.05) is 11.6 Å². The number of nitrogens with one attached hydrogen (secondary N) is 1. The van der Waals surface area contributed by atoms with Crippen LogP contribution in [-0.4, -0.2) is 20.2 Å². The maximum absolute atomic E-state index is 13.6. The van der Waals surface area contributed by atoms with Gasteiger partial charge >= 0.3 is 5.69 Å². The first-order valence-electron chi connectivity index (χ1n) is 6.76. The zero-order chi connectivity index (χ0) is 17.4. The summed E-state index contributed by atoms with van der Waals surface area (Å²) in [7, 11) is 0. The highest BCUT2D eigenvalue weighted by molar-refractivity contribution is 6.30. The van der Waals surface area contributed by atoms with E-state index >= 15 is 0 Å². The molecule has 0 aliphatic carbocycles. The number of carbonyl (C=O) groups is 1. The number of hydrogen-bond donors (Lipinski definition) is 1. The van der Waals surface area contributed by atoms with Gasteiger partial charge in [0.2, 0.25) is 5.82 Å². The topological polar surface area (TPSA) is 89.5 Å². The fourth-order valence-corrected chi connectivity index (χ4v) is 2.49. The summed E-state index contributed by atoms with van der Waals surface area (Å²) in [5.41, 5.74) is 0.678. The predicted molar refractivity (Wildman–Crippen MR) is 85.9 cm³/mol. The van der Waals surface area contributed by atoms with Crippen molar-refractivity contribution in [2.75, 3.05) is 5.32 Å². The lowest BCUT2D eigenvalue weighted by atomic mass is 10.2. The van der Waals surface area contributed by atoms with Gasteiger partial charge in [0, 0.05) is 35.1 Å². The van der Waals surface area contributed by atoms with Gasteiger partial charge in [0.25, 0.3) is 5.91 Å². The van der Waals surface area contributed by atoms with E-state index in [2.05, 4.69) is 10.3 Å². The number of hydrogen-bond acceptors (Lipinski definition) is 4. The van der Waals surface area contributed by atoms with Gasteiger partial charge in [-0.3, -0.25) is 19.3 Å². The number of rotatable bonds is 3. The average Bonchev–Trinajstić information content (AvgIpc) is 2.81. The lowest BCUT2D eigenvalue weighted by molar-refractivity contribution is -0.387. The number of pyridine rings is 1. The van der Waals surface area contributed by atoms with Gasteiger partial charge in [-0.15, -0.1) is 0 Å². The minimum Gasteiger partial charge on any atom is -0.321 e. The Balaban J connectivity index is 1.95. The van der Waals surface area contributed by atoms with Crippen LogP contribution in [0.4, 0.5) is 15.8 Å². The van der Waals surface area contributed by atoms with Crippen molar-refractivity contribution < 1.29 is 14.1 Å². The minimum atomic E-state index is -1.03. The summed E-state index contributed by atoms with van der Waals surface area (Å²) in [6.07, 6.45) is 1.60. The zero-order valence-corrected chi connectivity index (χ0v) is 13.0. The molecule has 0 aliphatic rings. The number of fused-ring (bicyclic) bond motifs is 1. The van der Waals surface area contributed by atoms with E-state index in [1.54, 1.807) is 29.7 Å². The second kappa shape index (κ2) is 5.89. The fourth-order valence-electron chi connectivity index (χ4n) is 2.33. The van der Waals surface area contributed by atoms with Crippen LogP contribution in [0.15, 0.2) is 36.5 Å². The second-order valence-corrected chi connectivity index (χ2v) is 5.43. The molecule has 3 aromatic rings. The van der Waals surface area contributed by atoms with E-state index < -0.39 is 22.3 Å². The van der Waals surface area contributed by atoms with Crippen LogP contribution < -0.4 is 5.32 Å². The van der Waals surface area contributed by atoms with Crippen LogP contribution in [0.5, 0.6) is 0 Å². The standard InChI is InChI=1S/C15H10ClFN4O3/c1-8-14(20-5-4-9(16)6-13(20)18-8)15(22)19-10-2-3-12(21(23)24)11(17)7-10/h2-7H,1H3,(H,19,22). The summed E-state index contributed by atoms with van der Waals surface area (Å²) in [6.45, 7) is 1.66. The summed E-state index contributed by atoms with van der Waals surface area (Å²) in [5.74, 6) is -1.55. The highest BCUT2D eigenvalue weighted by atomic mass is 35.5. The molecule has 2 aromatic heterocycles. The number of nitrogens with zero attached hydrogens (tertiary/aromatic N) is 3. The molecule has 1 aromatic carbocycles. The van der Waals surface area contributed by atoms with Gasteiger partial charge in [-0.25, -0.2) is 4.98 Å². The van der Waals surface area contributed by atoms with Gasteiger partial charge in [-0.05, 0) is 19.1 Å². The Kier molecular flexibility index (Phi) is 3.90. The van der Waals surface area contributed by atoms with Gasteiger partial charge in [0.1, 0.15) is 11.3 Å². The number of amides is 1. The van der Waals surface area contributed by atoms with Crippen molar-refractivity contribution in [1.29, 1.82) is 0 Å². The van der Waals surface area contributed by atoms with Gasteiger partial charge in [-0.2, -0.15) is 4.39 Å². The zero-order valence-electron chi connectivity index (χ0n) is 12.3. The summed E-state index contributed by atoms with van der Waals surface area (Å²) in [6, 6.07) is 6.36. The highest BCUT2D eigenvalue weighted by Crippen LogP contribution is 2.22. The third-order valence-electron chi connectivity index (χ3n) is 3.38. The van der Waals surface area contributed by atoms with Crippen molar-refractivity contribution in [2.24, 2.45) is 0 Å². The number of nitro groups is 1. The van der Waals surface area contributed by atoms with E-state index in [1.807, 2.05) is 0 Å². The van der Waals surface area contributed by atoms with E-state index in [9.17, 15) is 19.3 Å². The Morgan fingerprint density at radius 1 is 1.38 bits per heavy atom. The van der Waals surface area contributed by atoms with E-state index in [0.29, 0.717) is 16.4 Å². The van der Waals surface area contributed by atoms with Crippen molar-refractivity contribution in [3.63, 3.8) is 0 Å². The molecule has 1 N–H and O–H groups in total. The molecule has 0 fully saturated rings. The Bertz CT molecular complexity index is 986. The maximum Gasteiger partial charge on any atom is 0.304 e. The second-order valence-electron chi connectivity index (χ2n) is 5.00. The van der Waals surface area contributed by atoms with Crippen LogP contribution in [0.1, 0.15) is 16.2 Å². The van der Waals surface area contributed by atoms with Crippen LogP contribution >= 0.6 is 11.6 Å². The third kappa shape index (κ3) is 2.79. The van der Waals surface area contributed by atoms with Crippen LogP contribution in [0, 0.1) is 22.9 Å². The number of aryl methyl sites for hydroxylation is 1. The summed E-state index contributed by atoms with van der Waals surface area (Å²) < 4.78 is 15.2. The van der Waals surface area contributed by atoms with Crippen molar-refractivity contribution in [3.8, 4) is 0 Å². The number of carbonyl (C=O) groups excluding carboxylic acids is 1. The first-order valence-corrected chi connectivity index (χ1v) is 7.14. The van der Waals surface area contributed by atoms with Crippen molar-refractivity contribution in [1.82, 2.24) is 9.38 Å². The summed E-state index contributed by atoms with van der Waals surface area (Å²) >= 11 is 5.90. The van der Waals surface area contributed by atoms with E-state index in [1.165, 1.54) is 6.07 Å². The first-order chi connectivity index (χ1) is 11.4. The molecule has 0 spiro atoms. The smallest absolute Gasteiger partial charge is 0.304 e.